The highest BCUT2D eigenvalue weighted by atomic mass is 16.8. The summed E-state index contributed by atoms with van der Waals surface area (Å²) in [4.78, 5) is 13.5. The molecule has 19 heteroatoms. The van der Waals surface area contributed by atoms with Crippen molar-refractivity contribution < 1.29 is 89.4 Å². The van der Waals surface area contributed by atoms with Gasteiger partial charge in [-0.2, -0.15) is 0 Å². The Morgan fingerprint density at radius 2 is 0.626 bits per heavy atom. The van der Waals surface area contributed by atoms with Crippen LogP contribution in [0.5, 0.6) is 0 Å². The Morgan fingerprint density at radius 1 is 0.336 bits per heavy atom. The SMILES string of the molecule is CCCCCCC/C=C\C/C=C\CCCCCCCCCCCCCCCCCCCCCCCCCCCC(=O)NC(COC1OC(CO)C(OC2OC(CO)C(OC3OC(CO)C(O)C(O)C3O)C(O)C2O)C(O)C1O)C(O)/C=C/CC/C=C/CCCCCCCCCCCCCCCCCCCCC. The Labute approximate surface area is 650 Å². The lowest BCUT2D eigenvalue weighted by Crippen LogP contribution is -2.66. The van der Waals surface area contributed by atoms with Gasteiger partial charge in [-0.05, 0) is 64.2 Å². The molecule has 3 heterocycles. The number of aliphatic hydroxyl groups excluding tert-OH is 11. The van der Waals surface area contributed by atoms with Crippen LogP contribution >= 0.6 is 0 Å². The summed E-state index contributed by atoms with van der Waals surface area (Å²) in [7, 11) is 0. The first-order chi connectivity index (χ1) is 52.3. The average molecular weight is 1520 g/mol. The number of hydrogen-bond donors (Lipinski definition) is 12. The summed E-state index contributed by atoms with van der Waals surface area (Å²) in [5.41, 5.74) is 0. The van der Waals surface area contributed by atoms with Gasteiger partial charge in [0.25, 0.3) is 0 Å². The number of rotatable bonds is 72. The van der Waals surface area contributed by atoms with Crippen LogP contribution in [-0.2, 0) is 33.2 Å². The minimum atomic E-state index is -1.98. The molecule has 17 atom stereocenters. The van der Waals surface area contributed by atoms with Crippen molar-refractivity contribution in [2.45, 2.75) is 478 Å². The number of unbranched alkanes of at least 4 members (excludes halogenated alkanes) is 50. The van der Waals surface area contributed by atoms with E-state index in [-0.39, 0.29) is 18.9 Å². The van der Waals surface area contributed by atoms with Gasteiger partial charge in [0.2, 0.25) is 5.91 Å². The monoisotopic (exact) mass is 1520 g/mol. The van der Waals surface area contributed by atoms with E-state index in [9.17, 15) is 61.0 Å². The van der Waals surface area contributed by atoms with Gasteiger partial charge >= 0.3 is 0 Å². The van der Waals surface area contributed by atoms with Gasteiger partial charge < -0.3 is 89.9 Å². The number of carbonyl (C=O) groups excluding carboxylic acids is 1. The second-order valence-corrected chi connectivity index (χ2v) is 31.7. The van der Waals surface area contributed by atoms with Crippen molar-refractivity contribution in [3.63, 3.8) is 0 Å². The average Bonchev–Trinajstić information content (AvgIpc) is 0.781. The number of carbonyl (C=O) groups is 1. The van der Waals surface area contributed by atoms with Gasteiger partial charge in [-0.3, -0.25) is 4.79 Å². The van der Waals surface area contributed by atoms with E-state index in [2.05, 4.69) is 55.6 Å². The molecule has 1 amide bonds. The van der Waals surface area contributed by atoms with Crippen molar-refractivity contribution >= 4 is 5.91 Å². The lowest BCUT2D eigenvalue weighted by atomic mass is 9.96. The van der Waals surface area contributed by atoms with Crippen molar-refractivity contribution in [1.82, 2.24) is 5.32 Å². The molecule has 3 fully saturated rings. The van der Waals surface area contributed by atoms with E-state index in [4.69, 9.17) is 28.4 Å². The number of allylic oxidation sites excluding steroid dienone is 7. The second kappa shape index (κ2) is 68.2. The van der Waals surface area contributed by atoms with Gasteiger partial charge in [-0.25, -0.2) is 0 Å². The molecular weight excluding hydrogens is 1360 g/mol. The largest absolute Gasteiger partial charge is 0.394 e. The van der Waals surface area contributed by atoms with Crippen LogP contribution in [-0.4, -0.2) is 193 Å². The molecule has 628 valence electrons. The zero-order valence-corrected chi connectivity index (χ0v) is 67.6. The highest BCUT2D eigenvalue weighted by molar-refractivity contribution is 5.76. The summed E-state index contributed by atoms with van der Waals surface area (Å²) >= 11 is 0. The molecule has 0 aliphatic carbocycles. The van der Waals surface area contributed by atoms with Gasteiger partial charge in [0.1, 0.15) is 73.2 Å². The first-order valence-electron chi connectivity index (χ1n) is 44.4. The van der Waals surface area contributed by atoms with Gasteiger partial charge in [0.05, 0.1) is 38.6 Å². The summed E-state index contributed by atoms with van der Waals surface area (Å²) in [6, 6.07) is -0.991. The van der Waals surface area contributed by atoms with E-state index < -0.39 is 124 Å². The Morgan fingerprint density at radius 3 is 0.991 bits per heavy atom. The maximum atomic E-state index is 13.5. The van der Waals surface area contributed by atoms with Crippen LogP contribution in [0, 0.1) is 0 Å². The summed E-state index contributed by atoms with van der Waals surface area (Å²) in [6.45, 7) is 1.77. The van der Waals surface area contributed by atoms with Crippen LogP contribution in [0.1, 0.15) is 373 Å². The first kappa shape index (κ1) is 98.9. The molecule has 19 nitrogen and oxygen atoms in total. The van der Waals surface area contributed by atoms with E-state index >= 15 is 0 Å². The van der Waals surface area contributed by atoms with Crippen LogP contribution in [0.4, 0.5) is 0 Å². The van der Waals surface area contributed by atoms with Crippen molar-refractivity contribution in [3.8, 4) is 0 Å². The van der Waals surface area contributed by atoms with Crippen molar-refractivity contribution in [3.05, 3.63) is 48.6 Å². The maximum absolute atomic E-state index is 13.5. The number of nitrogens with one attached hydrogen (secondary N) is 1. The third kappa shape index (κ3) is 47.3. The van der Waals surface area contributed by atoms with Crippen LogP contribution < -0.4 is 5.32 Å². The summed E-state index contributed by atoms with van der Waals surface area (Å²) in [5.74, 6) is -0.278. The summed E-state index contributed by atoms with van der Waals surface area (Å²) < 4.78 is 34.5. The quantitative estimate of drug-likeness (QED) is 0.0199. The molecule has 3 aliphatic rings. The fourth-order valence-corrected chi connectivity index (χ4v) is 15.0. The first-order valence-corrected chi connectivity index (χ1v) is 44.4. The summed E-state index contributed by atoms with van der Waals surface area (Å²) in [5, 5.41) is 121. The molecule has 0 spiro atoms. The molecule has 0 radical (unpaired) electrons. The number of hydrogen-bond acceptors (Lipinski definition) is 18. The molecule has 0 aromatic rings. The minimum Gasteiger partial charge on any atom is -0.394 e. The normalized spacial score (nSPS) is 25.7. The predicted molar refractivity (Wildman–Crippen MR) is 429 cm³/mol. The molecule has 3 saturated heterocycles. The highest BCUT2D eigenvalue weighted by Gasteiger charge is 2.54. The Bertz CT molecular complexity index is 2120. The third-order valence-corrected chi connectivity index (χ3v) is 22.1. The Hall–Kier alpha value is -2.25. The molecule has 0 aromatic carbocycles. The number of amides is 1. The van der Waals surface area contributed by atoms with Crippen LogP contribution in [0.3, 0.4) is 0 Å². The van der Waals surface area contributed by atoms with Crippen molar-refractivity contribution in [2.75, 3.05) is 26.4 Å². The fourth-order valence-electron chi connectivity index (χ4n) is 15.0. The van der Waals surface area contributed by atoms with E-state index in [1.165, 1.54) is 295 Å². The van der Waals surface area contributed by atoms with E-state index in [0.717, 1.165) is 44.9 Å². The molecule has 107 heavy (non-hydrogen) atoms. The molecule has 17 unspecified atom stereocenters. The molecule has 0 aromatic heterocycles. The number of ether oxygens (including phenoxy) is 6. The van der Waals surface area contributed by atoms with Crippen molar-refractivity contribution in [1.29, 1.82) is 0 Å². The number of aliphatic hydroxyl groups is 11. The maximum Gasteiger partial charge on any atom is 0.220 e. The molecule has 3 aliphatic heterocycles. The molecular formula is C88H163NO18. The van der Waals surface area contributed by atoms with Gasteiger partial charge in [-0.1, -0.05) is 351 Å². The topological polar surface area (TPSA) is 307 Å². The van der Waals surface area contributed by atoms with E-state index in [0.29, 0.717) is 12.8 Å². The molecule has 3 rings (SSSR count). The zero-order valence-electron chi connectivity index (χ0n) is 67.6. The van der Waals surface area contributed by atoms with Crippen molar-refractivity contribution in [2.24, 2.45) is 0 Å². The van der Waals surface area contributed by atoms with Crippen LogP contribution in [0.2, 0.25) is 0 Å². The highest BCUT2D eigenvalue weighted by Crippen LogP contribution is 2.34. The lowest BCUT2D eigenvalue weighted by molar-refractivity contribution is -0.379. The third-order valence-electron chi connectivity index (χ3n) is 22.1. The summed E-state index contributed by atoms with van der Waals surface area (Å²) in [6.07, 6.45) is 61.3. The van der Waals surface area contributed by atoms with Crippen LogP contribution in [0.15, 0.2) is 48.6 Å². The smallest absolute Gasteiger partial charge is 0.220 e. The van der Waals surface area contributed by atoms with Gasteiger partial charge in [0.15, 0.2) is 18.9 Å². The molecule has 0 bridgehead atoms. The standard InChI is InChI=1S/C88H163NO18/c1-3-5-7-9-11-13-15-17-19-21-23-25-27-29-30-31-32-33-34-35-36-37-38-39-40-42-44-46-48-50-52-54-56-58-60-62-64-66-76(94)89-71(72(93)65-63-61-59-57-55-53-51-49-47-45-43-41-28-26-24-22-20-18-16-14-12-10-8-6-4-2)70-102-86-82(100)79(97)84(74(68-91)104-86)107-88-83(101)80(98)85(75(69-92)105-88)106-87-81(99)78(96)77(95)73(67-90)103-87/h15,17,21,23,55,57,63,65,71-75,77-88,90-93,95-101H,3-14,16,18-20,22,24-54,56,58-62,64,66-70H2,1-2H3,(H,89,94)/b17-15-,23-21-,57-55+,65-63+. The van der Waals surface area contributed by atoms with Crippen LogP contribution in [0.25, 0.3) is 0 Å². The van der Waals surface area contributed by atoms with Gasteiger partial charge in [-0.15, -0.1) is 0 Å². The van der Waals surface area contributed by atoms with E-state index in [1.54, 1.807) is 6.08 Å². The Kier molecular flexibility index (Phi) is 63.0. The molecule has 12 N–H and O–H groups in total. The Balaban J connectivity index is 1.32. The molecule has 0 saturated carbocycles. The van der Waals surface area contributed by atoms with E-state index in [1.807, 2.05) is 6.08 Å². The fraction of sp³-hybridized carbons (Fsp3) is 0.898. The lowest BCUT2D eigenvalue weighted by Gasteiger charge is -2.48. The van der Waals surface area contributed by atoms with Gasteiger partial charge in [0, 0.05) is 6.42 Å². The second-order valence-electron chi connectivity index (χ2n) is 31.7. The predicted octanol–water partition coefficient (Wildman–Crippen LogP) is 16.4. The zero-order chi connectivity index (χ0) is 77.4. The minimum absolute atomic E-state index is 0.239.